The van der Waals surface area contributed by atoms with Gasteiger partial charge in [0.2, 0.25) is 5.91 Å². The van der Waals surface area contributed by atoms with E-state index in [0.29, 0.717) is 6.42 Å². The van der Waals surface area contributed by atoms with Crippen molar-refractivity contribution in [1.29, 1.82) is 0 Å². The van der Waals surface area contributed by atoms with E-state index in [1.54, 1.807) is 23.9 Å². The van der Waals surface area contributed by atoms with Gasteiger partial charge in [-0.2, -0.15) is 0 Å². The summed E-state index contributed by atoms with van der Waals surface area (Å²) in [5.74, 6) is 0.597. The molecule has 0 spiro atoms. The van der Waals surface area contributed by atoms with Crippen LogP contribution in [0.2, 0.25) is 0 Å². The van der Waals surface area contributed by atoms with Crippen LogP contribution in [0.25, 0.3) is 0 Å². The van der Waals surface area contributed by atoms with Crippen molar-refractivity contribution < 1.29 is 9.18 Å². The third-order valence-electron chi connectivity index (χ3n) is 2.51. The Kier molecular flexibility index (Phi) is 7.49. The largest absolute Gasteiger partial charge is 0.356 e. The molecule has 0 fully saturated rings. The number of halogens is 1. The summed E-state index contributed by atoms with van der Waals surface area (Å²) in [5.41, 5.74) is 0. The molecule has 0 saturated heterocycles. The van der Waals surface area contributed by atoms with Gasteiger partial charge in [-0.15, -0.1) is 11.8 Å². The van der Waals surface area contributed by atoms with Crippen molar-refractivity contribution in [2.24, 2.45) is 0 Å². The maximum Gasteiger partial charge on any atom is 0.220 e. The average Bonchev–Trinajstić information content (AvgIpc) is 2.37. The number of thioether (sulfide) groups is 1. The van der Waals surface area contributed by atoms with Crippen molar-refractivity contribution in [2.45, 2.75) is 37.5 Å². The van der Waals surface area contributed by atoms with Crippen molar-refractivity contribution in [3.8, 4) is 0 Å². The molecular formula is C14H20FNOS. The van der Waals surface area contributed by atoms with Crippen LogP contribution in [0, 0.1) is 5.82 Å². The minimum atomic E-state index is -0.229. The highest BCUT2D eigenvalue weighted by atomic mass is 32.2. The van der Waals surface area contributed by atoms with Gasteiger partial charge in [0, 0.05) is 23.6 Å². The van der Waals surface area contributed by atoms with Gasteiger partial charge in [-0.05, 0) is 30.7 Å². The summed E-state index contributed by atoms with van der Waals surface area (Å²) in [5, 5.41) is 2.90. The molecule has 0 aromatic heterocycles. The van der Waals surface area contributed by atoms with Crippen molar-refractivity contribution in [3.63, 3.8) is 0 Å². The van der Waals surface area contributed by atoms with Crippen LogP contribution in [0.4, 0.5) is 4.39 Å². The molecule has 1 aromatic rings. The molecule has 4 heteroatoms. The third kappa shape index (κ3) is 6.64. The van der Waals surface area contributed by atoms with E-state index in [1.165, 1.54) is 12.1 Å². The van der Waals surface area contributed by atoms with Crippen LogP contribution in [0.15, 0.2) is 29.2 Å². The minimum Gasteiger partial charge on any atom is -0.356 e. The lowest BCUT2D eigenvalue weighted by Crippen LogP contribution is -2.24. The zero-order valence-corrected chi connectivity index (χ0v) is 11.6. The number of nitrogens with one attached hydrogen (secondary N) is 1. The second-order valence-corrected chi connectivity index (χ2v) is 5.28. The van der Waals surface area contributed by atoms with Gasteiger partial charge in [-0.1, -0.05) is 19.8 Å². The lowest BCUT2D eigenvalue weighted by Gasteiger charge is -2.04. The van der Waals surface area contributed by atoms with Crippen LogP contribution >= 0.6 is 11.8 Å². The first kappa shape index (κ1) is 15.0. The minimum absolute atomic E-state index is 0.0979. The molecular weight excluding hydrogens is 249 g/mol. The molecule has 18 heavy (non-hydrogen) atoms. The standard InChI is InChI=1S/C14H20FNOS/c1-2-3-4-10-16-14(17)9-11-18-13-7-5-12(15)6-8-13/h5-8H,2-4,9-11H2,1H3,(H,16,17). The molecule has 1 N–H and O–H groups in total. The summed E-state index contributed by atoms with van der Waals surface area (Å²) in [6.07, 6.45) is 3.88. The summed E-state index contributed by atoms with van der Waals surface area (Å²) >= 11 is 1.57. The maximum absolute atomic E-state index is 12.7. The molecule has 0 aliphatic rings. The predicted octanol–water partition coefficient (Wildman–Crippen LogP) is 3.61. The fraction of sp³-hybridized carbons (Fsp3) is 0.500. The highest BCUT2D eigenvalue weighted by Gasteiger charge is 2.01. The molecule has 0 saturated carbocycles. The zero-order valence-electron chi connectivity index (χ0n) is 10.7. The monoisotopic (exact) mass is 269 g/mol. The molecule has 2 nitrogen and oxygen atoms in total. The van der Waals surface area contributed by atoms with Crippen LogP contribution in [0.1, 0.15) is 32.6 Å². The highest BCUT2D eigenvalue weighted by Crippen LogP contribution is 2.18. The first-order valence-electron chi connectivity index (χ1n) is 6.37. The molecule has 1 amide bonds. The Morgan fingerprint density at radius 3 is 2.67 bits per heavy atom. The number of hydrogen-bond donors (Lipinski definition) is 1. The van der Waals surface area contributed by atoms with Gasteiger partial charge in [-0.25, -0.2) is 4.39 Å². The normalized spacial score (nSPS) is 10.3. The van der Waals surface area contributed by atoms with Crippen LogP contribution in [-0.2, 0) is 4.79 Å². The molecule has 0 aliphatic heterocycles. The van der Waals surface area contributed by atoms with E-state index in [4.69, 9.17) is 0 Å². The summed E-state index contributed by atoms with van der Waals surface area (Å²) in [7, 11) is 0. The van der Waals surface area contributed by atoms with Crippen molar-refractivity contribution >= 4 is 17.7 Å². The molecule has 100 valence electrons. The first-order valence-corrected chi connectivity index (χ1v) is 7.36. The van der Waals surface area contributed by atoms with E-state index in [2.05, 4.69) is 12.2 Å². The van der Waals surface area contributed by atoms with Gasteiger partial charge in [0.1, 0.15) is 5.82 Å². The molecule has 1 rings (SSSR count). The van der Waals surface area contributed by atoms with Crippen LogP contribution in [0.5, 0.6) is 0 Å². The molecule has 0 atom stereocenters. The van der Waals surface area contributed by atoms with Gasteiger partial charge in [-0.3, -0.25) is 4.79 Å². The molecule has 0 radical (unpaired) electrons. The molecule has 1 aromatic carbocycles. The Bertz CT molecular complexity index is 353. The van der Waals surface area contributed by atoms with Crippen molar-refractivity contribution in [1.82, 2.24) is 5.32 Å². The number of carbonyl (C=O) groups is 1. The number of amides is 1. The lowest BCUT2D eigenvalue weighted by atomic mass is 10.2. The number of benzene rings is 1. The summed E-state index contributed by atoms with van der Waals surface area (Å²) in [6.45, 7) is 2.91. The van der Waals surface area contributed by atoms with Crippen molar-refractivity contribution in [3.05, 3.63) is 30.1 Å². The second kappa shape index (κ2) is 8.97. The Labute approximate surface area is 112 Å². The van der Waals surface area contributed by atoms with E-state index in [-0.39, 0.29) is 11.7 Å². The Morgan fingerprint density at radius 2 is 2.00 bits per heavy atom. The second-order valence-electron chi connectivity index (χ2n) is 4.11. The SMILES string of the molecule is CCCCCNC(=O)CCSc1ccc(F)cc1. The van der Waals surface area contributed by atoms with E-state index >= 15 is 0 Å². The fourth-order valence-corrected chi connectivity index (χ4v) is 2.34. The predicted molar refractivity (Wildman–Crippen MR) is 74.3 cm³/mol. The fourth-order valence-electron chi connectivity index (χ4n) is 1.48. The highest BCUT2D eigenvalue weighted by molar-refractivity contribution is 7.99. The van der Waals surface area contributed by atoms with E-state index in [9.17, 15) is 9.18 Å². The zero-order chi connectivity index (χ0) is 13.2. The topological polar surface area (TPSA) is 29.1 Å². The smallest absolute Gasteiger partial charge is 0.220 e. The molecule has 0 unspecified atom stereocenters. The van der Waals surface area contributed by atoms with Gasteiger partial charge in [0.05, 0.1) is 0 Å². The Hall–Kier alpha value is -1.03. The summed E-state index contributed by atoms with van der Waals surface area (Å²) in [6, 6.07) is 6.35. The van der Waals surface area contributed by atoms with Crippen molar-refractivity contribution in [2.75, 3.05) is 12.3 Å². The van der Waals surface area contributed by atoms with Gasteiger partial charge < -0.3 is 5.32 Å². The van der Waals surface area contributed by atoms with Crippen LogP contribution < -0.4 is 5.32 Å². The molecule has 0 aliphatic carbocycles. The summed E-state index contributed by atoms with van der Waals surface area (Å²) in [4.78, 5) is 12.5. The third-order valence-corrected chi connectivity index (χ3v) is 3.53. The van der Waals surface area contributed by atoms with Crippen LogP contribution in [0.3, 0.4) is 0 Å². The van der Waals surface area contributed by atoms with E-state index in [0.717, 1.165) is 36.5 Å². The first-order chi connectivity index (χ1) is 8.72. The Morgan fingerprint density at radius 1 is 1.28 bits per heavy atom. The quantitative estimate of drug-likeness (QED) is 0.577. The molecule has 0 heterocycles. The summed E-state index contributed by atoms with van der Waals surface area (Å²) < 4.78 is 12.7. The van der Waals surface area contributed by atoms with Gasteiger partial charge >= 0.3 is 0 Å². The lowest BCUT2D eigenvalue weighted by molar-refractivity contribution is -0.120. The van der Waals surface area contributed by atoms with Gasteiger partial charge in [0.15, 0.2) is 0 Å². The van der Waals surface area contributed by atoms with E-state index in [1.807, 2.05) is 0 Å². The number of hydrogen-bond acceptors (Lipinski definition) is 2. The number of carbonyl (C=O) groups excluding carboxylic acids is 1. The Balaban J connectivity index is 2.10. The molecule has 0 bridgehead atoms. The number of unbranched alkanes of at least 4 members (excludes halogenated alkanes) is 2. The van der Waals surface area contributed by atoms with Crippen LogP contribution in [-0.4, -0.2) is 18.2 Å². The van der Waals surface area contributed by atoms with Gasteiger partial charge in [0.25, 0.3) is 0 Å². The van der Waals surface area contributed by atoms with E-state index < -0.39 is 0 Å². The number of rotatable bonds is 8. The maximum atomic E-state index is 12.7. The average molecular weight is 269 g/mol.